The number of carbonyl (C=O) groups is 1. The van der Waals surface area contributed by atoms with Crippen molar-refractivity contribution in [3.8, 4) is 17.3 Å². The number of para-hydroxylation sites is 1. The van der Waals surface area contributed by atoms with Gasteiger partial charge in [0.15, 0.2) is 5.76 Å². The number of hydrogen-bond donors (Lipinski definition) is 0. The lowest BCUT2D eigenvalue weighted by Gasteiger charge is -2.10. The van der Waals surface area contributed by atoms with E-state index in [1.807, 2.05) is 25.1 Å². The number of aromatic nitrogens is 2. The quantitative estimate of drug-likeness (QED) is 0.163. The number of rotatable bonds is 5. The SMILES string of the molecule is Cc1ccc(C(=O)Oc2ccc(Br)cc2C=Nn2c(-c3ccco3)nc3ccccc3c2=O)cc1. The van der Waals surface area contributed by atoms with Crippen LogP contribution in [-0.4, -0.2) is 21.8 Å². The highest BCUT2D eigenvalue weighted by Gasteiger charge is 2.15. The number of carbonyl (C=O) groups excluding carboxylic acids is 1. The predicted octanol–water partition coefficient (Wildman–Crippen LogP) is 5.83. The van der Waals surface area contributed by atoms with Gasteiger partial charge in [-0.15, -0.1) is 0 Å². The second-order valence-electron chi connectivity index (χ2n) is 7.73. The minimum atomic E-state index is -0.497. The maximum absolute atomic E-state index is 13.3. The van der Waals surface area contributed by atoms with Crippen LogP contribution in [0.3, 0.4) is 0 Å². The molecule has 35 heavy (non-hydrogen) atoms. The van der Waals surface area contributed by atoms with E-state index >= 15 is 0 Å². The van der Waals surface area contributed by atoms with Gasteiger partial charge in [0.05, 0.1) is 28.9 Å². The van der Waals surface area contributed by atoms with E-state index < -0.39 is 5.97 Å². The summed E-state index contributed by atoms with van der Waals surface area (Å²) >= 11 is 3.44. The number of ether oxygens (including phenoxy) is 1. The number of esters is 1. The lowest BCUT2D eigenvalue weighted by molar-refractivity contribution is 0.0734. The van der Waals surface area contributed by atoms with Crippen LogP contribution in [0.25, 0.3) is 22.5 Å². The standard InChI is InChI=1S/C27H18BrN3O4/c1-17-8-10-18(11-9-17)27(33)35-23-13-12-20(28)15-19(23)16-29-31-25(24-7-4-14-34-24)30-22-6-3-2-5-21(22)26(31)32/h2-16H,1H3. The maximum Gasteiger partial charge on any atom is 0.343 e. The Kier molecular flexibility index (Phi) is 6.12. The first-order chi connectivity index (χ1) is 17.0. The van der Waals surface area contributed by atoms with Crippen molar-refractivity contribution in [2.24, 2.45) is 5.10 Å². The number of halogens is 1. The number of nitrogens with zero attached hydrogens (tertiary/aromatic N) is 3. The molecule has 5 rings (SSSR count). The summed E-state index contributed by atoms with van der Waals surface area (Å²) in [6, 6.07) is 22.7. The van der Waals surface area contributed by atoms with Crippen LogP contribution < -0.4 is 10.3 Å². The van der Waals surface area contributed by atoms with E-state index in [0.29, 0.717) is 33.5 Å². The molecule has 0 atom stereocenters. The molecule has 3 aromatic carbocycles. The molecule has 8 heteroatoms. The first kappa shape index (κ1) is 22.5. The Hall–Kier alpha value is -4.30. The number of hydrogen-bond acceptors (Lipinski definition) is 6. The molecule has 0 N–H and O–H groups in total. The normalized spacial score (nSPS) is 11.3. The highest BCUT2D eigenvalue weighted by atomic mass is 79.9. The molecule has 0 radical (unpaired) electrons. The molecule has 0 amide bonds. The summed E-state index contributed by atoms with van der Waals surface area (Å²) in [7, 11) is 0. The van der Waals surface area contributed by atoms with Crippen molar-refractivity contribution >= 4 is 39.0 Å². The zero-order valence-corrected chi connectivity index (χ0v) is 20.1. The molecular formula is C27H18BrN3O4. The number of fused-ring (bicyclic) bond motifs is 1. The molecule has 0 aliphatic rings. The monoisotopic (exact) mass is 527 g/mol. The van der Waals surface area contributed by atoms with Gasteiger partial charge in [-0.1, -0.05) is 45.8 Å². The zero-order valence-electron chi connectivity index (χ0n) is 18.5. The highest BCUT2D eigenvalue weighted by Crippen LogP contribution is 2.24. The van der Waals surface area contributed by atoms with E-state index in [-0.39, 0.29) is 11.4 Å². The van der Waals surface area contributed by atoms with Crippen LogP contribution in [0.1, 0.15) is 21.5 Å². The topological polar surface area (TPSA) is 86.7 Å². The van der Waals surface area contributed by atoms with Crippen LogP contribution in [0.4, 0.5) is 0 Å². The molecular weight excluding hydrogens is 510 g/mol. The van der Waals surface area contributed by atoms with Gasteiger partial charge in [0.2, 0.25) is 5.82 Å². The molecule has 0 aliphatic heterocycles. The van der Waals surface area contributed by atoms with Crippen molar-refractivity contribution in [1.82, 2.24) is 9.66 Å². The Labute approximate surface area is 208 Å². The van der Waals surface area contributed by atoms with Gasteiger partial charge >= 0.3 is 5.97 Å². The average molecular weight is 528 g/mol. The summed E-state index contributed by atoms with van der Waals surface area (Å²) in [6.45, 7) is 1.94. The second-order valence-corrected chi connectivity index (χ2v) is 8.64. The van der Waals surface area contributed by atoms with Crippen molar-refractivity contribution < 1.29 is 13.9 Å². The molecule has 0 spiro atoms. The molecule has 0 fully saturated rings. The lowest BCUT2D eigenvalue weighted by atomic mass is 10.1. The van der Waals surface area contributed by atoms with Crippen molar-refractivity contribution in [2.75, 3.05) is 0 Å². The summed E-state index contributed by atoms with van der Waals surface area (Å²) in [6.07, 6.45) is 2.95. The average Bonchev–Trinajstić information content (AvgIpc) is 3.40. The fourth-order valence-corrected chi connectivity index (χ4v) is 3.86. The first-order valence-corrected chi connectivity index (χ1v) is 11.5. The zero-order chi connectivity index (χ0) is 24.4. The van der Waals surface area contributed by atoms with Gasteiger partial charge in [-0.05, 0) is 61.5 Å². The van der Waals surface area contributed by atoms with E-state index in [9.17, 15) is 9.59 Å². The summed E-state index contributed by atoms with van der Waals surface area (Å²) in [5, 5.41) is 4.84. The minimum Gasteiger partial charge on any atom is -0.461 e. The molecule has 0 aliphatic carbocycles. The third-order valence-electron chi connectivity index (χ3n) is 5.27. The van der Waals surface area contributed by atoms with Crippen molar-refractivity contribution in [3.05, 3.63) is 117 Å². The molecule has 2 heterocycles. The predicted molar refractivity (Wildman–Crippen MR) is 137 cm³/mol. The second kappa shape index (κ2) is 9.52. The smallest absolute Gasteiger partial charge is 0.343 e. The van der Waals surface area contributed by atoms with Crippen molar-refractivity contribution in [3.63, 3.8) is 0 Å². The molecule has 0 saturated heterocycles. The van der Waals surface area contributed by atoms with Crippen LogP contribution in [0.5, 0.6) is 5.75 Å². The molecule has 0 bridgehead atoms. The molecule has 5 aromatic rings. The Morgan fingerprint density at radius 3 is 2.63 bits per heavy atom. The third kappa shape index (κ3) is 4.69. The van der Waals surface area contributed by atoms with Crippen LogP contribution in [0.2, 0.25) is 0 Å². The van der Waals surface area contributed by atoms with E-state index in [2.05, 4.69) is 26.0 Å². The van der Waals surface area contributed by atoms with Gasteiger partial charge < -0.3 is 9.15 Å². The van der Waals surface area contributed by atoms with E-state index in [0.717, 1.165) is 10.0 Å². The highest BCUT2D eigenvalue weighted by molar-refractivity contribution is 9.10. The minimum absolute atomic E-state index is 0.253. The Balaban J connectivity index is 1.57. The van der Waals surface area contributed by atoms with Crippen LogP contribution >= 0.6 is 15.9 Å². The molecule has 2 aromatic heterocycles. The summed E-state index contributed by atoms with van der Waals surface area (Å²) in [5.74, 6) is 0.445. The molecule has 7 nitrogen and oxygen atoms in total. The van der Waals surface area contributed by atoms with E-state index in [4.69, 9.17) is 9.15 Å². The third-order valence-corrected chi connectivity index (χ3v) is 5.76. The van der Waals surface area contributed by atoms with Crippen LogP contribution in [-0.2, 0) is 0 Å². The number of aryl methyl sites for hydroxylation is 1. The molecule has 0 saturated carbocycles. The van der Waals surface area contributed by atoms with Crippen molar-refractivity contribution in [2.45, 2.75) is 6.92 Å². The van der Waals surface area contributed by atoms with Crippen LogP contribution in [0, 0.1) is 6.92 Å². The number of furan rings is 1. The van der Waals surface area contributed by atoms with Gasteiger partial charge in [0.1, 0.15) is 5.75 Å². The summed E-state index contributed by atoms with van der Waals surface area (Å²) in [4.78, 5) is 30.6. The number of benzene rings is 3. The largest absolute Gasteiger partial charge is 0.461 e. The first-order valence-electron chi connectivity index (χ1n) is 10.7. The lowest BCUT2D eigenvalue weighted by Crippen LogP contribution is -2.20. The summed E-state index contributed by atoms with van der Waals surface area (Å²) in [5.41, 5.74) is 2.14. The Morgan fingerprint density at radius 2 is 1.86 bits per heavy atom. The Bertz CT molecular complexity index is 1620. The maximum atomic E-state index is 13.3. The fraction of sp³-hybridized carbons (Fsp3) is 0.0370. The molecule has 172 valence electrons. The van der Waals surface area contributed by atoms with Crippen molar-refractivity contribution in [1.29, 1.82) is 0 Å². The molecule has 0 unspecified atom stereocenters. The fourth-order valence-electron chi connectivity index (χ4n) is 3.48. The van der Waals surface area contributed by atoms with Gasteiger partial charge in [0.25, 0.3) is 5.56 Å². The van der Waals surface area contributed by atoms with Gasteiger partial charge in [-0.3, -0.25) is 4.79 Å². The van der Waals surface area contributed by atoms with Gasteiger partial charge in [0, 0.05) is 10.0 Å². The summed E-state index contributed by atoms with van der Waals surface area (Å²) < 4.78 is 13.1. The van der Waals surface area contributed by atoms with E-state index in [1.54, 1.807) is 60.7 Å². The van der Waals surface area contributed by atoms with Crippen LogP contribution in [0.15, 0.2) is 104 Å². The Morgan fingerprint density at radius 1 is 1.06 bits per heavy atom. The van der Waals surface area contributed by atoms with Gasteiger partial charge in [-0.2, -0.15) is 9.78 Å². The van der Waals surface area contributed by atoms with E-state index in [1.165, 1.54) is 17.2 Å². The van der Waals surface area contributed by atoms with Gasteiger partial charge in [-0.25, -0.2) is 9.78 Å².